The fourth-order valence-electron chi connectivity index (χ4n) is 3.62. The highest BCUT2D eigenvalue weighted by atomic mass is 16.3. The Labute approximate surface area is 176 Å². The first kappa shape index (κ1) is 19.6. The van der Waals surface area contributed by atoms with E-state index in [1.165, 1.54) is 0 Å². The molecule has 1 N–H and O–H groups in total. The van der Waals surface area contributed by atoms with Crippen LogP contribution in [0, 0.1) is 6.92 Å². The summed E-state index contributed by atoms with van der Waals surface area (Å²) in [6.45, 7) is 1.87. The average molecular weight is 400 g/mol. The van der Waals surface area contributed by atoms with Gasteiger partial charge in [0.2, 0.25) is 0 Å². The van der Waals surface area contributed by atoms with Crippen molar-refractivity contribution in [2.75, 3.05) is 24.0 Å². The fraction of sp³-hybridized carbons (Fsp3) is 0.208. The Morgan fingerprint density at radius 3 is 2.53 bits per heavy atom. The molecule has 2 aromatic carbocycles. The summed E-state index contributed by atoms with van der Waals surface area (Å²) in [5.74, 6) is 0.900. The van der Waals surface area contributed by atoms with Crippen LogP contribution in [0.15, 0.2) is 65.9 Å². The number of aromatic hydroxyl groups is 1. The van der Waals surface area contributed by atoms with Gasteiger partial charge in [-0.3, -0.25) is 4.79 Å². The van der Waals surface area contributed by atoms with Gasteiger partial charge in [-0.2, -0.15) is 5.10 Å². The van der Waals surface area contributed by atoms with Gasteiger partial charge >= 0.3 is 0 Å². The molecule has 0 radical (unpaired) electrons. The van der Waals surface area contributed by atoms with Gasteiger partial charge in [0.1, 0.15) is 17.9 Å². The molecule has 152 valence electrons. The highest BCUT2D eigenvalue weighted by Gasteiger charge is 2.31. The minimum absolute atomic E-state index is 0.0419. The van der Waals surface area contributed by atoms with E-state index in [0.717, 1.165) is 34.4 Å². The molecule has 1 atom stereocenters. The number of hydrogen-bond acceptors (Lipinski definition) is 6. The Balaban J connectivity index is 1.75. The summed E-state index contributed by atoms with van der Waals surface area (Å²) in [6.07, 6.45) is 3.14. The van der Waals surface area contributed by atoms with E-state index in [1.807, 2.05) is 38.2 Å². The molecule has 4 rings (SSSR count). The van der Waals surface area contributed by atoms with Crippen LogP contribution in [0.25, 0.3) is 0 Å². The zero-order valence-electron chi connectivity index (χ0n) is 17.3. The van der Waals surface area contributed by atoms with E-state index in [1.54, 1.807) is 24.4 Å². The molecule has 30 heavy (non-hydrogen) atoms. The normalized spacial score (nSPS) is 15.8. The second kappa shape index (κ2) is 7.99. The van der Waals surface area contributed by atoms with E-state index in [2.05, 4.69) is 34.1 Å². The topological polar surface area (TPSA) is 69.0 Å². The van der Waals surface area contributed by atoms with Crippen molar-refractivity contribution in [2.45, 2.75) is 19.4 Å². The van der Waals surface area contributed by atoms with E-state index in [4.69, 9.17) is 5.10 Å². The number of aldehydes is 1. The summed E-state index contributed by atoms with van der Waals surface area (Å²) in [4.78, 5) is 17.8. The van der Waals surface area contributed by atoms with Gasteiger partial charge in [-0.05, 0) is 66.1 Å². The SMILES string of the molecule is Cc1cc(C2=NN(c3cc(C=O)ccn3)C(c3ccc(N(C)C)cc3)C2)ccc1O. The van der Waals surface area contributed by atoms with Gasteiger partial charge < -0.3 is 10.0 Å². The molecule has 1 aliphatic rings. The number of rotatable bonds is 5. The van der Waals surface area contributed by atoms with Crippen molar-refractivity contribution in [1.82, 2.24) is 4.98 Å². The highest BCUT2D eigenvalue weighted by Crippen LogP contribution is 2.37. The van der Waals surface area contributed by atoms with Crippen LogP contribution in [-0.4, -0.2) is 36.2 Å². The first-order valence-corrected chi connectivity index (χ1v) is 9.81. The minimum Gasteiger partial charge on any atom is -0.508 e. The molecule has 6 heteroatoms. The number of benzene rings is 2. The van der Waals surface area contributed by atoms with Gasteiger partial charge in [0, 0.05) is 38.0 Å². The van der Waals surface area contributed by atoms with E-state index >= 15 is 0 Å². The van der Waals surface area contributed by atoms with Crippen LogP contribution in [0.5, 0.6) is 5.75 Å². The number of nitrogens with zero attached hydrogens (tertiary/aromatic N) is 4. The summed E-state index contributed by atoms with van der Waals surface area (Å²) in [6, 6.07) is 17.3. The van der Waals surface area contributed by atoms with Crippen molar-refractivity contribution in [2.24, 2.45) is 5.10 Å². The van der Waals surface area contributed by atoms with Crippen molar-refractivity contribution in [1.29, 1.82) is 0 Å². The molecule has 0 saturated heterocycles. The van der Waals surface area contributed by atoms with Gasteiger partial charge in [-0.15, -0.1) is 0 Å². The third-order valence-corrected chi connectivity index (χ3v) is 5.38. The summed E-state index contributed by atoms with van der Waals surface area (Å²) in [5.41, 5.74) is 5.49. The second-order valence-corrected chi connectivity index (χ2v) is 7.66. The lowest BCUT2D eigenvalue weighted by Crippen LogP contribution is -2.20. The van der Waals surface area contributed by atoms with Crippen molar-refractivity contribution in [3.8, 4) is 5.75 Å². The fourth-order valence-corrected chi connectivity index (χ4v) is 3.62. The molecule has 0 saturated carbocycles. The monoisotopic (exact) mass is 400 g/mol. The Kier molecular flexibility index (Phi) is 5.23. The Morgan fingerprint density at radius 1 is 1.10 bits per heavy atom. The molecular formula is C24H24N4O2. The molecule has 2 heterocycles. The molecule has 0 spiro atoms. The van der Waals surface area contributed by atoms with E-state index in [-0.39, 0.29) is 11.8 Å². The first-order chi connectivity index (χ1) is 14.5. The lowest BCUT2D eigenvalue weighted by atomic mass is 9.97. The standard InChI is InChI=1S/C24H24N4O2/c1-16-12-19(6-9-23(16)30)21-14-22(18-4-7-20(8-5-18)27(2)3)28(26-21)24-13-17(15-29)10-11-25-24/h4-13,15,22,30H,14H2,1-3H3. The summed E-state index contributed by atoms with van der Waals surface area (Å²) >= 11 is 0. The summed E-state index contributed by atoms with van der Waals surface area (Å²) < 4.78 is 0. The first-order valence-electron chi connectivity index (χ1n) is 9.81. The van der Waals surface area contributed by atoms with Crippen molar-refractivity contribution in [3.63, 3.8) is 0 Å². The predicted molar refractivity (Wildman–Crippen MR) is 120 cm³/mol. The highest BCUT2D eigenvalue weighted by molar-refractivity contribution is 6.03. The average Bonchev–Trinajstić information content (AvgIpc) is 3.21. The Hall–Kier alpha value is -3.67. The minimum atomic E-state index is -0.0419. The number of hydrogen-bond donors (Lipinski definition) is 1. The molecule has 1 unspecified atom stereocenters. The molecule has 3 aromatic rings. The van der Waals surface area contributed by atoms with Gasteiger partial charge in [0.15, 0.2) is 0 Å². The van der Waals surface area contributed by atoms with E-state index < -0.39 is 0 Å². The molecular weight excluding hydrogens is 376 g/mol. The third kappa shape index (κ3) is 3.76. The van der Waals surface area contributed by atoms with E-state index in [9.17, 15) is 9.90 Å². The quantitative estimate of drug-likeness (QED) is 0.646. The second-order valence-electron chi connectivity index (χ2n) is 7.66. The zero-order chi connectivity index (χ0) is 21.3. The molecule has 1 aromatic heterocycles. The molecule has 0 bridgehead atoms. The van der Waals surface area contributed by atoms with Crippen LogP contribution in [-0.2, 0) is 0 Å². The number of hydrazone groups is 1. The Morgan fingerprint density at radius 2 is 1.87 bits per heavy atom. The summed E-state index contributed by atoms with van der Waals surface area (Å²) in [5, 5.41) is 16.6. The van der Waals surface area contributed by atoms with Gasteiger partial charge in [0.05, 0.1) is 11.8 Å². The number of aryl methyl sites for hydroxylation is 1. The molecule has 0 amide bonds. The maximum atomic E-state index is 11.3. The number of aromatic nitrogens is 1. The lowest BCUT2D eigenvalue weighted by Gasteiger charge is -2.23. The molecule has 0 aliphatic carbocycles. The number of carbonyl (C=O) groups is 1. The van der Waals surface area contributed by atoms with Gasteiger partial charge in [0.25, 0.3) is 0 Å². The number of anilines is 2. The molecule has 6 nitrogen and oxygen atoms in total. The smallest absolute Gasteiger partial charge is 0.150 e. The molecule has 1 aliphatic heterocycles. The largest absolute Gasteiger partial charge is 0.508 e. The van der Waals surface area contributed by atoms with Gasteiger partial charge in [-0.25, -0.2) is 9.99 Å². The Bertz CT molecular complexity index is 1110. The van der Waals surface area contributed by atoms with Gasteiger partial charge in [-0.1, -0.05) is 12.1 Å². The molecule has 0 fully saturated rings. The van der Waals surface area contributed by atoms with E-state index in [0.29, 0.717) is 17.8 Å². The van der Waals surface area contributed by atoms with Crippen LogP contribution < -0.4 is 9.91 Å². The van der Waals surface area contributed by atoms with Crippen molar-refractivity contribution < 1.29 is 9.90 Å². The number of carbonyl (C=O) groups excluding carboxylic acids is 1. The number of phenols is 1. The van der Waals surface area contributed by atoms with Crippen LogP contribution in [0.3, 0.4) is 0 Å². The number of phenolic OH excluding ortho intramolecular Hbond substituents is 1. The maximum absolute atomic E-state index is 11.3. The van der Waals surface area contributed by atoms with Crippen LogP contribution >= 0.6 is 0 Å². The van der Waals surface area contributed by atoms with Crippen LogP contribution in [0.2, 0.25) is 0 Å². The predicted octanol–water partition coefficient (Wildman–Crippen LogP) is 4.33. The van der Waals surface area contributed by atoms with Crippen molar-refractivity contribution in [3.05, 3.63) is 83.0 Å². The van der Waals surface area contributed by atoms with Crippen molar-refractivity contribution >= 4 is 23.5 Å². The lowest BCUT2D eigenvalue weighted by molar-refractivity contribution is 0.112. The van der Waals surface area contributed by atoms with Crippen LogP contribution in [0.1, 0.15) is 39.5 Å². The maximum Gasteiger partial charge on any atom is 0.150 e. The third-order valence-electron chi connectivity index (χ3n) is 5.38. The zero-order valence-corrected chi connectivity index (χ0v) is 17.3. The number of pyridine rings is 1. The summed E-state index contributed by atoms with van der Waals surface area (Å²) in [7, 11) is 4.03. The van der Waals surface area contributed by atoms with Crippen LogP contribution in [0.4, 0.5) is 11.5 Å².